The minimum Gasteiger partial charge on any atom is -0.0622 e. The van der Waals surface area contributed by atoms with Crippen molar-refractivity contribution in [1.82, 2.24) is 0 Å². The fourth-order valence-corrected chi connectivity index (χ4v) is 10.8. The molecule has 0 atom stereocenters. The molecule has 0 heteroatoms. The molecule has 0 N–H and O–H groups in total. The van der Waals surface area contributed by atoms with E-state index in [0.29, 0.717) is 0 Å². The second-order valence-corrected chi connectivity index (χ2v) is 21.6. The molecule has 14 aromatic carbocycles. The van der Waals surface area contributed by atoms with Crippen LogP contribution < -0.4 is 0 Å². The monoisotopic (exact) mass is 1090 g/mol. The molecule has 0 saturated carbocycles. The van der Waals surface area contributed by atoms with Crippen LogP contribution in [0.2, 0.25) is 0 Å². The second kappa shape index (κ2) is 29.0. The Kier molecular flexibility index (Phi) is 19.7. The van der Waals surface area contributed by atoms with Gasteiger partial charge in [-0.25, -0.2) is 0 Å². The molecule has 0 radical (unpaired) electrons. The largest absolute Gasteiger partial charge is 0.0622 e. The van der Waals surface area contributed by atoms with E-state index in [1.54, 1.807) is 0 Å². The Morgan fingerprint density at radius 1 is 0.153 bits per heavy atom. The van der Waals surface area contributed by atoms with Crippen LogP contribution in [-0.2, 0) is 0 Å². The number of hydrogen-bond acceptors (Lipinski definition) is 0. The Bertz CT molecular complexity index is 4270. The fourth-order valence-electron chi connectivity index (χ4n) is 10.8. The van der Waals surface area contributed by atoms with E-state index >= 15 is 0 Å². The maximum Gasteiger partial charge on any atom is -0.0103 e. The molecule has 0 saturated heterocycles. The van der Waals surface area contributed by atoms with Gasteiger partial charge in [-0.1, -0.05) is 345 Å². The van der Waals surface area contributed by atoms with Crippen LogP contribution in [0, 0.1) is 34.6 Å². The van der Waals surface area contributed by atoms with Crippen LogP contribution in [0.1, 0.15) is 27.8 Å². The summed E-state index contributed by atoms with van der Waals surface area (Å²) < 4.78 is 0. The van der Waals surface area contributed by atoms with Crippen LogP contribution in [0.15, 0.2) is 346 Å². The molecular weight excluding hydrogens is 1020 g/mol. The standard InChI is InChI=1S/2C19H16.2C17H14.C13H12/c1-15-12-18(16-8-4-2-5-9-16)14-19(13-15)17-10-6-3-7-11-17;1-15-12-13-18(16-8-4-2-5-9-16)19(14-15)17-10-6-3-7-11-17;1-13-11-16(14-7-3-2-4-8-14)12-15-9-5-6-10-17(13)15;1-13-11-12-16(14-7-3-2-4-8-14)17-10-6-5-9-15(13)17;1-11-7-9-13(10-8-11)12-5-3-2-4-6-12/h2*2-14H,1H3;2*2-12H,1H3;2-10H,1H3. The molecule has 0 aliphatic heterocycles. The lowest BCUT2D eigenvalue weighted by Gasteiger charge is -2.11. The predicted molar refractivity (Wildman–Crippen MR) is 369 cm³/mol. The van der Waals surface area contributed by atoms with Gasteiger partial charge in [0.2, 0.25) is 0 Å². The van der Waals surface area contributed by atoms with E-state index < -0.39 is 0 Å². The SMILES string of the molecule is Cc1cc(-c2ccccc2)cc(-c2ccccc2)c1.Cc1cc(-c2ccccc2)cc2ccccc12.Cc1ccc(-c2ccccc2)c(-c2ccccc2)c1.Cc1ccc(-c2ccccc2)c2ccccc12.Cc1ccc(-c2ccccc2)cc1. The lowest BCUT2D eigenvalue weighted by molar-refractivity contribution is 1.46. The summed E-state index contributed by atoms with van der Waals surface area (Å²) in [5.74, 6) is 0. The highest BCUT2D eigenvalue weighted by molar-refractivity contribution is 5.98. The molecule has 0 amide bonds. The van der Waals surface area contributed by atoms with E-state index in [-0.39, 0.29) is 0 Å². The lowest BCUT2D eigenvalue weighted by Crippen LogP contribution is -1.86. The van der Waals surface area contributed by atoms with Crippen molar-refractivity contribution in [3.05, 3.63) is 374 Å². The smallest absolute Gasteiger partial charge is 0.0103 e. The van der Waals surface area contributed by atoms with Gasteiger partial charge in [0.25, 0.3) is 0 Å². The van der Waals surface area contributed by atoms with E-state index in [2.05, 4.69) is 374 Å². The summed E-state index contributed by atoms with van der Waals surface area (Å²) in [7, 11) is 0. The summed E-state index contributed by atoms with van der Waals surface area (Å²) in [5, 5.41) is 5.33. The second-order valence-electron chi connectivity index (χ2n) is 21.6. The molecule has 412 valence electrons. The predicted octanol–water partition coefficient (Wildman–Crippen LogP) is 24.0. The number of rotatable bonds is 7. The zero-order valence-corrected chi connectivity index (χ0v) is 49.4. The average molecular weight is 1090 g/mol. The molecule has 0 unspecified atom stereocenters. The minimum atomic E-state index is 1.27. The van der Waals surface area contributed by atoms with Gasteiger partial charge in [0.05, 0.1) is 0 Å². The van der Waals surface area contributed by atoms with Gasteiger partial charge in [-0.05, 0) is 163 Å². The van der Waals surface area contributed by atoms with Crippen LogP contribution >= 0.6 is 0 Å². The van der Waals surface area contributed by atoms with Crippen molar-refractivity contribution in [1.29, 1.82) is 0 Å². The van der Waals surface area contributed by atoms with Gasteiger partial charge in [-0.3, -0.25) is 0 Å². The van der Waals surface area contributed by atoms with Crippen LogP contribution in [0.4, 0.5) is 0 Å². The van der Waals surface area contributed by atoms with Crippen LogP contribution in [-0.4, -0.2) is 0 Å². The van der Waals surface area contributed by atoms with Crippen molar-refractivity contribution in [3.63, 3.8) is 0 Å². The van der Waals surface area contributed by atoms with Crippen molar-refractivity contribution in [2.45, 2.75) is 34.6 Å². The first-order chi connectivity index (χ1) is 41.7. The summed E-state index contributed by atoms with van der Waals surface area (Å²) in [4.78, 5) is 0. The van der Waals surface area contributed by atoms with E-state index in [4.69, 9.17) is 0 Å². The van der Waals surface area contributed by atoms with Gasteiger partial charge in [0.15, 0.2) is 0 Å². The molecule has 0 spiro atoms. The first kappa shape index (κ1) is 57.8. The van der Waals surface area contributed by atoms with Gasteiger partial charge in [-0.2, -0.15) is 0 Å². The molecule has 0 nitrogen and oxygen atoms in total. The van der Waals surface area contributed by atoms with Crippen molar-refractivity contribution in [2.24, 2.45) is 0 Å². The number of aryl methyl sites for hydroxylation is 5. The topological polar surface area (TPSA) is 0 Å². The quantitative estimate of drug-likeness (QED) is 0.149. The lowest BCUT2D eigenvalue weighted by atomic mass is 9.93. The third kappa shape index (κ3) is 15.6. The molecule has 0 aromatic heterocycles. The summed E-state index contributed by atoms with van der Waals surface area (Å²) in [6.07, 6.45) is 0. The highest BCUT2D eigenvalue weighted by atomic mass is 14.1. The van der Waals surface area contributed by atoms with E-state index in [1.807, 2.05) is 6.07 Å². The van der Waals surface area contributed by atoms with Gasteiger partial charge >= 0.3 is 0 Å². The normalized spacial score (nSPS) is 10.4. The van der Waals surface area contributed by atoms with Crippen molar-refractivity contribution >= 4 is 21.5 Å². The molecule has 0 fully saturated rings. The molecule has 14 rings (SSSR count). The number of hydrogen-bond donors (Lipinski definition) is 0. The van der Waals surface area contributed by atoms with Crippen LogP contribution in [0.25, 0.3) is 99.4 Å². The summed E-state index contributed by atoms with van der Waals surface area (Å²) in [6, 6.07) is 122. The Morgan fingerprint density at radius 2 is 0.494 bits per heavy atom. The molecule has 14 aromatic rings. The zero-order chi connectivity index (χ0) is 58.6. The first-order valence-electron chi connectivity index (χ1n) is 29.4. The number of benzene rings is 14. The average Bonchev–Trinajstić information content (AvgIpc) is 3.75. The Morgan fingerprint density at radius 3 is 0.976 bits per heavy atom. The van der Waals surface area contributed by atoms with Crippen LogP contribution in [0.5, 0.6) is 0 Å². The number of fused-ring (bicyclic) bond motifs is 2. The Labute approximate surface area is 504 Å². The Balaban J connectivity index is 0.000000119. The third-order valence-electron chi connectivity index (χ3n) is 15.2. The fraction of sp³-hybridized carbons (Fsp3) is 0.0588. The van der Waals surface area contributed by atoms with E-state index in [1.165, 1.54) is 127 Å². The van der Waals surface area contributed by atoms with Crippen molar-refractivity contribution in [2.75, 3.05) is 0 Å². The first-order valence-corrected chi connectivity index (χ1v) is 29.4. The van der Waals surface area contributed by atoms with E-state index in [9.17, 15) is 0 Å². The van der Waals surface area contributed by atoms with Crippen molar-refractivity contribution < 1.29 is 0 Å². The summed E-state index contributed by atoms with van der Waals surface area (Å²) >= 11 is 0. The minimum absolute atomic E-state index is 1.27. The Hall–Kier alpha value is -10.4. The highest BCUT2D eigenvalue weighted by Crippen LogP contribution is 2.34. The van der Waals surface area contributed by atoms with Gasteiger partial charge in [0, 0.05) is 0 Å². The third-order valence-corrected chi connectivity index (χ3v) is 15.2. The van der Waals surface area contributed by atoms with Crippen LogP contribution in [0.3, 0.4) is 0 Å². The maximum atomic E-state index is 2.26. The maximum absolute atomic E-state index is 2.26. The highest BCUT2D eigenvalue weighted by Gasteiger charge is 2.09. The molecule has 0 aliphatic rings. The molecule has 0 bridgehead atoms. The van der Waals surface area contributed by atoms with Gasteiger partial charge in [0.1, 0.15) is 0 Å². The van der Waals surface area contributed by atoms with E-state index in [0.717, 1.165) is 0 Å². The van der Waals surface area contributed by atoms with Crippen molar-refractivity contribution in [3.8, 4) is 77.9 Å². The molecular formula is C85H72. The molecule has 85 heavy (non-hydrogen) atoms. The summed E-state index contributed by atoms with van der Waals surface area (Å²) in [6.45, 7) is 10.7. The zero-order valence-electron chi connectivity index (χ0n) is 49.4. The summed E-state index contributed by atoms with van der Waals surface area (Å²) in [5.41, 5.74) is 24.5. The van der Waals surface area contributed by atoms with Gasteiger partial charge < -0.3 is 0 Å². The molecule has 0 heterocycles. The van der Waals surface area contributed by atoms with Gasteiger partial charge in [-0.15, -0.1) is 0 Å². The molecule has 0 aliphatic carbocycles.